The van der Waals surface area contributed by atoms with E-state index in [-0.39, 0.29) is 25.0 Å². The standard InChI is InChI=1S/C19H20N2O3/c1-12-8-13(2)19(14(3)9-12)20-17(22)10-21-11-18(23)24-16-7-5-4-6-15(16)21/h4-9H,10-11H2,1-3H3,(H,20,22). The lowest BCUT2D eigenvalue weighted by Crippen LogP contribution is -2.41. The monoisotopic (exact) mass is 324 g/mol. The second-order valence-corrected chi connectivity index (χ2v) is 6.12. The molecule has 1 heterocycles. The van der Waals surface area contributed by atoms with Crippen molar-refractivity contribution in [3.63, 3.8) is 0 Å². The SMILES string of the molecule is Cc1cc(C)c(NC(=O)CN2CC(=O)Oc3ccccc32)c(C)c1. The molecule has 0 radical (unpaired) electrons. The van der Waals surface area contributed by atoms with E-state index in [4.69, 9.17) is 4.74 Å². The fourth-order valence-electron chi connectivity index (χ4n) is 3.07. The van der Waals surface area contributed by atoms with Crippen LogP contribution in [-0.4, -0.2) is 25.0 Å². The van der Waals surface area contributed by atoms with E-state index in [0.717, 1.165) is 28.1 Å². The minimum Gasteiger partial charge on any atom is -0.423 e. The van der Waals surface area contributed by atoms with Gasteiger partial charge in [0.25, 0.3) is 0 Å². The predicted molar refractivity (Wildman–Crippen MR) is 93.6 cm³/mol. The van der Waals surface area contributed by atoms with E-state index < -0.39 is 0 Å². The maximum absolute atomic E-state index is 12.5. The van der Waals surface area contributed by atoms with Crippen molar-refractivity contribution in [1.82, 2.24) is 0 Å². The van der Waals surface area contributed by atoms with Crippen LogP contribution in [-0.2, 0) is 9.59 Å². The summed E-state index contributed by atoms with van der Waals surface area (Å²) in [5, 5.41) is 2.97. The van der Waals surface area contributed by atoms with Crippen molar-refractivity contribution < 1.29 is 14.3 Å². The molecule has 24 heavy (non-hydrogen) atoms. The molecular weight excluding hydrogens is 304 g/mol. The van der Waals surface area contributed by atoms with Gasteiger partial charge in [-0.2, -0.15) is 0 Å². The van der Waals surface area contributed by atoms with Gasteiger partial charge in [-0.25, -0.2) is 4.79 Å². The zero-order chi connectivity index (χ0) is 17.3. The predicted octanol–water partition coefficient (Wildman–Crippen LogP) is 2.98. The molecule has 0 aromatic heterocycles. The smallest absolute Gasteiger partial charge is 0.331 e. The second-order valence-electron chi connectivity index (χ2n) is 6.12. The largest absolute Gasteiger partial charge is 0.423 e. The Bertz CT molecular complexity index is 791. The number of hydrogen-bond acceptors (Lipinski definition) is 4. The van der Waals surface area contributed by atoms with Crippen LogP contribution in [0, 0.1) is 20.8 Å². The van der Waals surface area contributed by atoms with Crippen LogP contribution in [0.2, 0.25) is 0 Å². The summed E-state index contributed by atoms with van der Waals surface area (Å²) in [6.45, 7) is 6.14. The first-order valence-electron chi connectivity index (χ1n) is 7.86. The zero-order valence-electron chi connectivity index (χ0n) is 14.1. The number of para-hydroxylation sites is 2. The van der Waals surface area contributed by atoms with Crippen molar-refractivity contribution >= 4 is 23.3 Å². The van der Waals surface area contributed by atoms with Gasteiger partial charge in [0.15, 0.2) is 5.75 Å². The molecule has 5 nitrogen and oxygen atoms in total. The Kier molecular flexibility index (Phi) is 4.25. The fraction of sp³-hybridized carbons (Fsp3) is 0.263. The summed E-state index contributed by atoms with van der Waals surface area (Å²) in [5.41, 5.74) is 4.80. The topological polar surface area (TPSA) is 58.6 Å². The molecule has 0 unspecified atom stereocenters. The van der Waals surface area contributed by atoms with Gasteiger partial charge >= 0.3 is 5.97 Å². The second kappa shape index (κ2) is 6.35. The van der Waals surface area contributed by atoms with E-state index in [1.165, 1.54) is 0 Å². The number of hydrogen-bond donors (Lipinski definition) is 1. The van der Waals surface area contributed by atoms with Gasteiger partial charge in [-0.15, -0.1) is 0 Å². The van der Waals surface area contributed by atoms with Crippen molar-refractivity contribution in [2.45, 2.75) is 20.8 Å². The van der Waals surface area contributed by atoms with Crippen LogP contribution in [0.1, 0.15) is 16.7 Å². The third kappa shape index (κ3) is 3.25. The fourth-order valence-corrected chi connectivity index (χ4v) is 3.07. The maximum Gasteiger partial charge on any atom is 0.331 e. The van der Waals surface area contributed by atoms with E-state index >= 15 is 0 Å². The van der Waals surface area contributed by atoms with E-state index in [1.807, 2.05) is 45.0 Å². The molecule has 3 rings (SSSR count). The number of nitrogens with zero attached hydrogens (tertiary/aromatic N) is 1. The van der Waals surface area contributed by atoms with Crippen molar-refractivity contribution in [3.8, 4) is 5.75 Å². The molecule has 0 aliphatic carbocycles. The van der Waals surface area contributed by atoms with Crippen LogP contribution >= 0.6 is 0 Å². The number of ether oxygens (including phenoxy) is 1. The number of esters is 1. The molecule has 2 aromatic carbocycles. The number of anilines is 2. The molecule has 0 saturated heterocycles. The minimum atomic E-state index is -0.357. The molecule has 0 spiro atoms. The number of rotatable bonds is 3. The molecule has 1 aliphatic heterocycles. The summed E-state index contributed by atoms with van der Waals surface area (Å²) in [6, 6.07) is 11.3. The maximum atomic E-state index is 12.5. The normalized spacial score (nSPS) is 13.3. The lowest BCUT2D eigenvalue weighted by molar-refractivity contribution is -0.133. The average molecular weight is 324 g/mol. The third-order valence-electron chi connectivity index (χ3n) is 4.03. The summed E-state index contributed by atoms with van der Waals surface area (Å²) in [6.07, 6.45) is 0. The van der Waals surface area contributed by atoms with Gasteiger partial charge in [-0.1, -0.05) is 29.8 Å². The van der Waals surface area contributed by atoms with E-state index in [9.17, 15) is 9.59 Å². The van der Waals surface area contributed by atoms with Crippen LogP contribution in [0.5, 0.6) is 5.75 Å². The Hall–Kier alpha value is -2.82. The summed E-state index contributed by atoms with van der Waals surface area (Å²) < 4.78 is 5.20. The summed E-state index contributed by atoms with van der Waals surface area (Å²) in [4.78, 5) is 25.9. The van der Waals surface area contributed by atoms with Gasteiger partial charge in [0.2, 0.25) is 5.91 Å². The lowest BCUT2D eigenvalue weighted by atomic mass is 10.1. The van der Waals surface area contributed by atoms with E-state index in [1.54, 1.807) is 17.0 Å². The summed E-state index contributed by atoms with van der Waals surface area (Å²) in [7, 11) is 0. The molecule has 0 fully saturated rings. The highest BCUT2D eigenvalue weighted by Crippen LogP contribution is 2.31. The van der Waals surface area contributed by atoms with Gasteiger partial charge < -0.3 is 15.0 Å². The molecule has 0 bridgehead atoms. The first kappa shape index (κ1) is 16.1. The minimum absolute atomic E-state index is 0.0658. The lowest BCUT2D eigenvalue weighted by Gasteiger charge is -2.29. The number of carbonyl (C=O) groups is 2. The van der Waals surface area contributed by atoms with Crippen molar-refractivity contribution in [1.29, 1.82) is 0 Å². The third-order valence-corrected chi connectivity index (χ3v) is 4.03. The van der Waals surface area contributed by atoms with Crippen LogP contribution in [0.15, 0.2) is 36.4 Å². The molecule has 2 aromatic rings. The van der Waals surface area contributed by atoms with Crippen molar-refractivity contribution in [3.05, 3.63) is 53.1 Å². The Morgan fingerprint density at radius 2 is 1.83 bits per heavy atom. The van der Waals surface area contributed by atoms with Crippen LogP contribution in [0.4, 0.5) is 11.4 Å². The number of benzene rings is 2. The molecule has 5 heteroatoms. The number of carbonyl (C=O) groups excluding carboxylic acids is 2. The molecule has 1 N–H and O–H groups in total. The quantitative estimate of drug-likeness (QED) is 0.696. The Morgan fingerprint density at radius 1 is 1.17 bits per heavy atom. The zero-order valence-corrected chi connectivity index (χ0v) is 14.1. The van der Waals surface area contributed by atoms with Gasteiger partial charge in [-0.3, -0.25) is 4.79 Å². The molecule has 0 saturated carbocycles. The first-order valence-corrected chi connectivity index (χ1v) is 7.86. The van der Waals surface area contributed by atoms with Gasteiger partial charge in [0, 0.05) is 5.69 Å². The van der Waals surface area contributed by atoms with Crippen molar-refractivity contribution in [2.24, 2.45) is 0 Å². The van der Waals surface area contributed by atoms with Gasteiger partial charge in [0.1, 0.15) is 6.54 Å². The number of nitrogens with one attached hydrogen (secondary N) is 1. The average Bonchev–Trinajstić information content (AvgIpc) is 2.50. The molecule has 124 valence electrons. The van der Waals surface area contributed by atoms with E-state index in [0.29, 0.717) is 5.75 Å². The summed E-state index contributed by atoms with van der Waals surface area (Å²) >= 11 is 0. The van der Waals surface area contributed by atoms with Crippen LogP contribution in [0.3, 0.4) is 0 Å². The Labute approximate surface area is 141 Å². The number of amides is 1. The summed E-state index contributed by atoms with van der Waals surface area (Å²) in [5.74, 6) is -0.0250. The van der Waals surface area contributed by atoms with Crippen molar-refractivity contribution in [2.75, 3.05) is 23.3 Å². The highest BCUT2D eigenvalue weighted by molar-refractivity contribution is 5.97. The van der Waals surface area contributed by atoms with Crippen LogP contribution < -0.4 is 15.0 Å². The first-order chi connectivity index (χ1) is 11.4. The molecule has 0 atom stereocenters. The van der Waals surface area contributed by atoms with E-state index in [2.05, 4.69) is 5.32 Å². The highest BCUT2D eigenvalue weighted by atomic mass is 16.5. The molecule has 1 amide bonds. The molecular formula is C19H20N2O3. The van der Waals surface area contributed by atoms with Crippen LogP contribution in [0.25, 0.3) is 0 Å². The van der Waals surface area contributed by atoms with Gasteiger partial charge in [0.05, 0.1) is 12.2 Å². The Morgan fingerprint density at radius 3 is 2.54 bits per heavy atom. The number of fused-ring (bicyclic) bond motifs is 1. The number of aryl methyl sites for hydroxylation is 3. The highest BCUT2D eigenvalue weighted by Gasteiger charge is 2.25. The molecule has 1 aliphatic rings. The Balaban J connectivity index is 1.78. The van der Waals surface area contributed by atoms with Gasteiger partial charge in [-0.05, 0) is 44.0 Å².